The van der Waals surface area contributed by atoms with E-state index >= 15 is 0 Å². The first kappa shape index (κ1) is 11.7. The summed E-state index contributed by atoms with van der Waals surface area (Å²) in [5, 5.41) is 8.71. The molecule has 2 nitrogen and oxygen atoms in total. The summed E-state index contributed by atoms with van der Waals surface area (Å²) >= 11 is 0. The molecule has 82 valence electrons. The number of aliphatic hydroxyl groups is 1. The number of rotatable bonds is 4. The van der Waals surface area contributed by atoms with Gasteiger partial charge in [-0.2, -0.15) is 0 Å². The van der Waals surface area contributed by atoms with Gasteiger partial charge >= 0.3 is 0 Å². The highest BCUT2D eigenvalue weighted by atomic mass is 16.2. The van der Waals surface area contributed by atoms with E-state index in [4.69, 9.17) is 5.11 Å². The van der Waals surface area contributed by atoms with Crippen LogP contribution in [0.5, 0.6) is 0 Å². The van der Waals surface area contributed by atoms with Crippen molar-refractivity contribution in [2.24, 2.45) is 0 Å². The van der Waals surface area contributed by atoms with Crippen molar-refractivity contribution in [3.63, 3.8) is 0 Å². The molecule has 0 aliphatic carbocycles. The Hall–Kier alpha value is -0.340. The quantitative estimate of drug-likeness (QED) is 0.698. The Bertz CT molecular complexity index is 177. The SMILES string of the molecule is CC(C)N1CCCCC1/C=C\CCO. The van der Waals surface area contributed by atoms with E-state index in [-0.39, 0.29) is 6.61 Å². The van der Waals surface area contributed by atoms with Crippen LogP contribution in [0.4, 0.5) is 0 Å². The zero-order chi connectivity index (χ0) is 10.4. The minimum absolute atomic E-state index is 0.269. The van der Waals surface area contributed by atoms with Crippen LogP contribution in [0.25, 0.3) is 0 Å². The van der Waals surface area contributed by atoms with Crippen molar-refractivity contribution in [1.82, 2.24) is 4.90 Å². The van der Waals surface area contributed by atoms with Crippen LogP contribution in [0.1, 0.15) is 39.5 Å². The molecule has 0 spiro atoms. The molecule has 0 aromatic rings. The van der Waals surface area contributed by atoms with E-state index in [1.165, 1.54) is 25.8 Å². The number of likely N-dealkylation sites (tertiary alicyclic amines) is 1. The second-order valence-electron chi connectivity index (χ2n) is 4.34. The first-order valence-electron chi connectivity index (χ1n) is 5.79. The van der Waals surface area contributed by atoms with Crippen molar-refractivity contribution >= 4 is 0 Å². The fourth-order valence-corrected chi connectivity index (χ4v) is 2.16. The van der Waals surface area contributed by atoms with E-state index in [0.717, 1.165) is 6.42 Å². The first-order valence-corrected chi connectivity index (χ1v) is 5.79. The number of hydrogen-bond acceptors (Lipinski definition) is 2. The van der Waals surface area contributed by atoms with Crippen LogP contribution >= 0.6 is 0 Å². The number of aliphatic hydroxyl groups excluding tert-OH is 1. The van der Waals surface area contributed by atoms with Gasteiger partial charge in [-0.1, -0.05) is 18.6 Å². The fraction of sp³-hybridized carbons (Fsp3) is 0.833. The maximum atomic E-state index is 8.71. The van der Waals surface area contributed by atoms with Crippen molar-refractivity contribution < 1.29 is 5.11 Å². The summed E-state index contributed by atoms with van der Waals surface area (Å²) in [6, 6.07) is 1.24. The average Bonchev–Trinajstić information content (AvgIpc) is 2.19. The van der Waals surface area contributed by atoms with E-state index in [0.29, 0.717) is 12.1 Å². The first-order chi connectivity index (χ1) is 6.75. The van der Waals surface area contributed by atoms with Gasteiger partial charge in [-0.3, -0.25) is 4.90 Å². The molecule has 1 heterocycles. The molecule has 1 unspecified atom stereocenters. The Labute approximate surface area is 87.6 Å². The van der Waals surface area contributed by atoms with Crippen molar-refractivity contribution in [3.05, 3.63) is 12.2 Å². The van der Waals surface area contributed by atoms with Crippen LogP contribution in [0, 0.1) is 0 Å². The summed E-state index contributed by atoms with van der Waals surface area (Å²) in [5.74, 6) is 0. The van der Waals surface area contributed by atoms with Crippen molar-refractivity contribution in [3.8, 4) is 0 Å². The van der Waals surface area contributed by atoms with Crippen molar-refractivity contribution in [1.29, 1.82) is 0 Å². The molecule has 1 aliphatic heterocycles. The van der Waals surface area contributed by atoms with Gasteiger partial charge in [0.1, 0.15) is 0 Å². The Morgan fingerprint density at radius 2 is 2.21 bits per heavy atom. The van der Waals surface area contributed by atoms with Crippen LogP contribution in [0.2, 0.25) is 0 Å². The van der Waals surface area contributed by atoms with Gasteiger partial charge < -0.3 is 5.11 Å². The fourth-order valence-electron chi connectivity index (χ4n) is 2.16. The van der Waals surface area contributed by atoms with Gasteiger partial charge in [-0.05, 0) is 39.7 Å². The predicted octanol–water partition coefficient (Wildman–Crippen LogP) is 2.19. The molecule has 0 saturated carbocycles. The number of nitrogens with zero attached hydrogens (tertiary/aromatic N) is 1. The van der Waals surface area contributed by atoms with Gasteiger partial charge in [0.25, 0.3) is 0 Å². The lowest BCUT2D eigenvalue weighted by atomic mass is 10.00. The Kier molecular flexibility index (Phi) is 5.20. The summed E-state index contributed by atoms with van der Waals surface area (Å²) in [6.07, 6.45) is 9.14. The highest BCUT2D eigenvalue weighted by molar-refractivity contribution is 4.97. The lowest BCUT2D eigenvalue weighted by Crippen LogP contribution is -2.42. The second-order valence-corrected chi connectivity index (χ2v) is 4.34. The molecule has 0 aromatic carbocycles. The normalized spacial score (nSPS) is 25.0. The minimum Gasteiger partial charge on any atom is -0.396 e. The molecule has 1 atom stereocenters. The molecular formula is C12H23NO. The van der Waals surface area contributed by atoms with Gasteiger partial charge in [0.2, 0.25) is 0 Å². The lowest BCUT2D eigenvalue weighted by Gasteiger charge is -2.37. The third-order valence-electron chi connectivity index (χ3n) is 2.91. The lowest BCUT2D eigenvalue weighted by molar-refractivity contribution is 0.140. The Morgan fingerprint density at radius 3 is 2.86 bits per heavy atom. The van der Waals surface area contributed by atoms with Crippen LogP contribution in [0.3, 0.4) is 0 Å². The highest BCUT2D eigenvalue weighted by Crippen LogP contribution is 2.20. The molecule has 1 N–H and O–H groups in total. The maximum absolute atomic E-state index is 8.71. The summed E-state index contributed by atoms with van der Waals surface area (Å²) in [5.41, 5.74) is 0. The topological polar surface area (TPSA) is 23.5 Å². The number of piperidine rings is 1. The highest BCUT2D eigenvalue weighted by Gasteiger charge is 2.21. The van der Waals surface area contributed by atoms with E-state index < -0.39 is 0 Å². The molecule has 0 bridgehead atoms. The maximum Gasteiger partial charge on any atom is 0.0465 e. The van der Waals surface area contributed by atoms with Gasteiger partial charge in [0.05, 0.1) is 0 Å². The summed E-state index contributed by atoms with van der Waals surface area (Å²) in [6.45, 7) is 6.02. The van der Waals surface area contributed by atoms with Gasteiger partial charge in [-0.25, -0.2) is 0 Å². The molecule has 2 heteroatoms. The molecule has 1 rings (SSSR count). The average molecular weight is 197 g/mol. The van der Waals surface area contributed by atoms with Gasteiger partial charge in [0.15, 0.2) is 0 Å². The van der Waals surface area contributed by atoms with E-state index in [9.17, 15) is 0 Å². The smallest absolute Gasteiger partial charge is 0.0465 e. The summed E-state index contributed by atoms with van der Waals surface area (Å²) in [4.78, 5) is 2.55. The molecular weight excluding hydrogens is 174 g/mol. The summed E-state index contributed by atoms with van der Waals surface area (Å²) in [7, 11) is 0. The second kappa shape index (κ2) is 6.20. The molecule has 14 heavy (non-hydrogen) atoms. The zero-order valence-electron chi connectivity index (χ0n) is 9.45. The van der Waals surface area contributed by atoms with Crippen LogP contribution < -0.4 is 0 Å². The van der Waals surface area contributed by atoms with E-state index in [1.807, 2.05) is 0 Å². The number of hydrogen-bond donors (Lipinski definition) is 1. The molecule has 0 aromatic heterocycles. The Morgan fingerprint density at radius 1 is 1.43 bits per heavy atom. The van der Waals surface area contributed by atoms with E-state index in [2.05, 4.69) is 30.9 Å². The van der Waals surface area contributed by atoms with Gasteiger partial charge in [0, 0.05) is 18.7 Å². The van der Waals surface area contributed by atoms with E-state index in [1.54, 1.807) is 0 Å². The van der Waals surface area contributed by atoms with Crippen LogP contribution in [-0.2, 0) is 0 Å². The molecule has 0 amide bonds. The van der Waals surface area contributed by atoms with Gasteiger partial charge in [-0.15, -0.1) is 0 Å². The minimum atomic E-state index is 0.269. The molecule has 1 saturated heterocycles. The van der Waals surface area contributed by atoms with Crippen LogP contribution in [0.15, 0.2) is 12.2 Å². The van der Waals surface area contributed by atoms with Crippen molar-refractivity contribution in [2.45, 2.75) is 51.6 Å². The third kappa shape index (κ3) is 3.43. The molecule has 1 aliphatic rings. The van der Waals surface area contributed by atoms with Crippen molar-refractivity contribution in [2.75, 3.05) is 13.2 Å². The third-order valence-corrected chi connectivity index (χ3v) is 2.91. The van der Waals surface area contributed by atoms with Crippen LogP contribution in [-0.4, -0.2) is 35.2 Å². The monoisotopic (exact) mass is 197 g/mol. The molecule has 0 radical (unpaired) electrons. The predicted molar refractivity (Wildman–Crippen MR) is 60.3 cm³/mol. The summed E-state index contributed by atoms with van der Waals surface area (Å²) < 4.78 is 0. The zero-order valence-corrected chi connectivity index (χ0v) is 9.45. The standard InChI is InChI=1S/C12H23NO/c1-11(2)13-9-5-3-7-12(13)8-4-6-10-14/h4,8,11-12,14H,3,5-7,9-10H2,1-2H3/b8-4-. The molecule has 1 fully saturated rings. The Balaban J connectivity index is 2.45. The largest absolute Gasteiger partial charge is 0.396 e.